The Morgan fingerprint density at radius 3 is 2.40 bits per heavy atom. The van der Waals surface area contributed by atoms with Crippen LogP contribution in [-0.2, 0) is 4.79 Å². The summed E-state index contributed by atoms with van der Waals surface area (Å²) in [6, 6.07) is 7.45. The van der Waals surface area contributed by atoms with Crippen LogP contribution in [0.15, 0.2) is 24.3 Å². The Bertz CT molecular complexity index is 434. The fourth-order valence-electron chi connectivity index (χ4n) is 3.17. The molecule has 0 aliphatic carbocycles. The van der Waals surface area contributed by atoms with Gasteiger partial charge in [0.1, 0.15) is 5.75 Å². The average molecular weight is 277 g/mol. The maximum Gasteiger partial charge on any atom is 0.279 e. The molecule has 1 aromatic carbocycles. The quantitative estimate of drug-likeness (QED) is 0.868. The van der Waals surface area contributed by atoms with Crippen molar-refractivity contribution in [1.29, 1.82) is 0 Å². The minimum Gasteiger partial charge on any atom is -0.497 e. The molecule has 1 amide bonds. The van der Waals surface area contributed by atoms with Gasteiger partial charge in [0.05, 0.1) is 20.2 Å². The van der Waals surface area contributed by atoms with Crippen LogP contribution in [0.1, 0.15) is 20.3 Å². The summed E-state index contributed by atoms with van der Waals surface area (Å²) in [4.78, 5) is 13.5. The van der Waals surface area contributed by atoms with Gasteiger partial charge >= 0.3 is 0 Å². The van der Waals surface area contributed by atoms with Crippen LogP contribution in [0.4, 0.5) is 5.69 Å². The third-order valence-corrected chi connectivity index (χ3v) is 3.86. The highest BCUT2D eigenvalue weighted by Gasteiger charge is 2.26. The van der Waals surface area contributed by atoms with Crippen LogP contribution < -0.4 is 15.0 Å². The first kappa shape index (κ1) is 14.9. The molecule has 1 aliphatic rings. The zero-order valence-electron chi connectivity index (χ0n) is 12.6. The number of nitrogens with one attached hydrogen (secondary N) is 2. The van der Waals surface area contributed by atoms with Crippen molar-refractivity contribution in [2.75, 3.05) is 32.1 Å². The van der Waals surface area contributed by atoms with Crippen molar-refractivity contribution in [3.8, 4) is 5.75 Å². The van der Waals surface area contributed by atoms with E-state index in [-0.39, 0.29) is 5.91 Å². The molecule has 20 heavy (non-hydrogen) atoms. The van der Waals surface area contributed by atoms with Crippen LogP contribution in [0.2, 0.25) is 0 Å². The highest BCUT2D eigenvalue weighted by Crippen LogP contribution is 2.15. The van der Waals surface area contributed by atoms with E-state index in [9.17, 15) is 4.79 Å². The summed E-state index contributed by atoms with van der Waals surface area (Å²) in [5.41, 5.74) is 0.827. The zero-order chi connectivity index (χ0) is 14.5. The van der Waals surface area contributed by atoms with Crippen molar-refractivity contribution < 1.29 is 14.4 Å². The van der Waals surface area contributed by atoms with Crippen molar-refractivity contribution in [1.82, 2.24) is 0 Å². The number of methoxy groups -OCH3 is 1. The molecule has 1 heterocycles. The van der Waals surface area contributed by atoms with Crippen LogP contribution in [0.3, 0.4) is 0 Å². The van der Waals surface area contributed by atoms with E-state index in [4.69, 9.17) is 4.74 Å². The molecule has 0 radical (unpaired) electrons. The van der Waals surface area contributed by atoms with E-state index in [0.29, 0.717) is 18.4 Å². The molecular formula is C16H25N2O2+. The van der Waals surface area contributed by atoms with Gasteiger partial charge in [-0.05, 0) is 30.7 Å². The standard InChI is InChI=1S/C16H24N2O2/c1-12-8-13(2)10-18(9-12)11-16(19)17-14-4-6-15(20-3)7-5-14/h4-7,12-13H,8-11H2,1-3H3,(H,17,19)/p+1/t12-,13+. The molecule has 0 bridgehead atoms. The van der Waals surface area contributed by atoms with Crippen LogP contribution in [0.5, 0.6) is 5.75 Å². The third kappa shape index (κ3) is 4.23. The van der Waals surface area contributed by atoms with Crippen LogP contribution in [-0.4, -0.2) is 32.7 Å². The number of hydrogen-bond acceptors (Lipinski definition) is 2. The average Bonchev–Trinajstić information content (AvgIpc) is 2.38. The normalized spacial score (nSPS) is 26.1. The molecule has 1 fully saturated rings. The van der Waals surface area contributed by atoms with Gasteiger partial charge in [-0.25, -0.2) is 0 Å². The van der Waals surface area contributed by atoms with Gasteiger partial charge in [-0.1, -0.05) is 13.8 Å². The van der Waals surface area contributed by atoms with Crippen LogP contribution in [0.25, 0.3) is 0 Å². The summed E-state index contributed by atoms with van der Waals surface area (Å²) in [6.45, 7) is 7.30. The monoisotopic (exact) mass is 277 g/mol. The topological polar surface area (TPSA) is 42.8 Å². The van der Waals surface area contributed by atoms with E-state index in [0.717, 1.165) is 24.5 Å². The lowest BCUT2D eigenvalue weighted by atomic mass is 9.92. The molecule has 0 saturated carbocycles. The number of anilines is 1. The first-order chi connectivity index (χ1) is 9.56. The van der Waals surface area contributed by atoms with Crippen LogP contribution >= 0.6 is 0 Å². The van der Waals surface area contributed by atoms with E-state index >= 15 is 0 Å². The molecular weight excluding hydrogens is 252 g/mol. The molecule has 1 saturated heterocycles. The summed E-state index contributed by atoms with van der Waals surface area (Å²) in [5, 5.41) is 2.95. The highest BCUT2D eigenvalue weighted by molar-refractivity contribution is 5.91. The van der Waals surface area contributed by atoms with Gasteiger partial charge in [-0.15, -0.1) is 0 Å². The Hall–Kier alpha value is -1.55. The van der Waals surface area contributed by atoms with Gasteiger partial charge in [-0.2, -0.15) is 0 Å². The molecule has 4 nitrogen and oxygen atoms in total. The van der Waals surface area contributed by atoms with E-state index in [1.807, 2.05) is 24.3 Å². The van der Waals surface area contributed by atoms with Crippen molar-refractivity contribution in [3.05, 3.63) is 24.3 Å². The summed E-state index contributed by atoms with van der Waals surface area (Å²) < 4.78 is 5.10. The van der Waals surface area contributed by atoms with Gasteiger partial charge in [0, 0.05) is 17.5 Å². The second-order valence-corrected chi connectivity index (χ2v) is 6.06. The maximum absolute atomic E-state index is 12.1. The number of rotatable bonds is 4. The van der Waals surface area contributed by atoms with Gasteiger partial charge in [-0.3, -0.25) is 4.79 Å². The first-order valence-corrected chi connectivity index (χ1v) is 7.34. The first-order valence-electron chi connectivity index (χ1n) is 7.34. The molecule has 0 spiro atoms. The van der Waals surface area contributed by atoms with Crippen molar-refractivity contribution in [3.63, 3.8) is 0 Å². The summed E-state index contributed by atoms with van der Waals surface area (Å²) in [6.07, 6.45) is 1.28. The lowest BCUT2D eigenvalue weighted by molar-refractivity contribution is -0.904. The van der Waals surface area contributed by atoms with Gasteiger partial charge in [0.2, 0.25) is 0 Å². The van der Waals surface area contributed by atoms with Crippen molar-refractivity contribution >= 4 is 11.6 Å². The number of hydrogen-bond donors (Lipinski definition) is 2. The summed E-state index contributed by atoms with van der Waals surface area (Å²) >= 11 is 0. The van der Waals surface area contributed by atoms with E-state index in [1.54, 1.807) is 7.11 Å². The number of ether oxygens (including phenoxy) is 1. The van der Waals surface area contributed by atoms with E-state index < -0.39 is 0 Å². The summed E-state index contributed by atoms with van der Waals surface area (Å²) in [7, 11) is 1.63. The second-order valence-electron chi connectivity index (χ2n) is 6.06. The number of quaternary nitrogens is 1. The Balaban J connectivity index is 1.85. The molecule has 2 rings (SSSR count). The minimum atomic E-state index is 0.0893. The van der Waals surface area contributed by atoms with Gasteiger partial charge in [0.15, 0.2) is 6.54 Å². The van der Waals surface area contributed by atoms with Crippen molar-refractivity contribution in [2.45, 2.75) is 20.3 Å². The molecule has 1 aromatic rings. The third-order valence-electron chi connectivity index (χ3n) is 3.86. The van der Waals surface area contributed by atoms with Crippen molar-refractivity contribution in [2.24, 2.45) is 11.8 Å². The molecule has 1 unspecified atom stereocenters. The zero-order valence-corrected chi connectivity index (χ0v) is 12.6. The summed E-state index contributed by atoms with van der Waals surface area (Å²) in [5.74, 6) is 2.31. The maximum atomic E-state index is 12.1. The number of amides is 1. The fraction of sp³-hybridized carbons (Fsp3) is 0.562. The predicted octanol–water partition coefficient (Wildman–Crippen LogP) is 1.19. The van der Waals surface area contributed by atoms with E-state index in [2.05, 4.69) is 19.2 Å². The SMILES string of the molecule is COc1ccc(NC(=O)C[NH+]2C[C@H](C)C[C@H](C)C2)cc1. The molecule has 3 atom stereocenters. The molecule has 110 valence electrons. The minimum absolute atomic E-state index is 0.0893. The number of carbonyl (C=O) groups excluding carboxylic acids is 1. The Morgan fingerprint density at radius 2 is 1.85 bits per heavy atom. The smallest absolute Gasteiger partial charge is 0.279 e. The van der Waals surface area contributed by atoms with Gasteiger partial charge < -0.3 is 15.0 Å². The lowest BCUT2D eigenvalue weighted by Gasteiger charge is -2.31. The largest absolute Gasteiger partial charge is 0.497 e. The number of likely N-dealkylation sites (tertiary alicyclic amines) is 1. The lowest BCUT2D eigenvalue weighted by Crippen LogP contribution is -3.15. The molecule has 0 aromatic heterocycles. The molecule has 2 N–H and O–H groups in total. The second kappa shape index (κ2) is 6.75. The Morgan fingerprint density at radius 1 is 1.25 bits per heavy atom. The number of piperidine rings is 1. The highest BCUT2D eigenvalue weighted by atomic mass is 16.5. The Labute approximate surface area is 121 Å². The molecule has 4 heteroatoms. The van der Waals surface area contributed by atoms with Crippen LogP contribution in [0, 0.1) is 11.8 Å². The fourth-order valence-corrected chi connectivity index (χ4v) is 3.17. The number of benzene rings is 1. The number of carbonyl (C=O) groups is 1. The molecule has 1 aliphatic heterocycles. The Kier molecular flexibility index (Phi) is 5.01. The van der Waals surface area contributed by atoms with E-state index in [1.165, 1.54) is 11.3 Å². The predicted molar refractivity (Wildman–Crippen MR) is 80.1 cm³/mol. The van der Waals surface area contributed by atoms with Gasteiger partial charge in [0.25, 0.3) is 5.91 Å².